The second kappa shape index (κ2) is 7.73. The predicted octanol–water partition coefficient (Wildman–Crippen LogP) is 3.72. The lowest BCUT2D eigenvalue weighted by Crippen LogP contribution is -2.32. The van der Waals surface area contributed by atoms with E-state index < -0.39 is 0 Å². The molecule has 0 fully saturated rings. The maximum atomic E-state index is 12.9. The predicted molar refractivity (Wildman–Crippen MR) is 82.7 cm³/mol. The SMILES string of the molecule is CCCC(C)NC(=O)CCc1ncc(-c2ccc(F)cc2)o1. The minimum Gasteiger partial charge on any atom is -0.441 e. The minimum absolute atomic E-state index is 0.00230. The average molecular weight is 304 g/mol. The van der Waals surface area contributed by atoms with Crippen LogP contribution >= 0.6 is 0 Å². The molecule has 0 radical (unpaired) electrons. The van der Waals surface area contributed by atoms with Crippen LogP contribution in [0, 0.1) is 5.82 Å². The molecule has 4 nitrogen and oxygen atoms in total. The van der Waals surface area contributed by atoms with Crippen LogP contribution in [0.2, 0.25) is 0 Å². The van der Waals surface area contributed by atoms with Crippen molar-refractivity contribution in [3.63, 3.8) is 0 Å². The van der Waals surface area contributed by atoms with Gasteiger partial charge in [0.15, 0.2) is 11.7 Å². The number of carbonyl (C=O) groups excluding carboxylic acids is 1. The fraction of sp³-hybridized carbons (Fsp3) is 0.412. The Kier molecular flexibility index (Phi) is 5.69. The van der Waals surface area contributed by atoms with Gasteiger partial charge in [0.25, 0.3) is 0 Å². The summed E-state index contributed by atoms with van der Waals surface area (Å²) in [6.07, 6.45) is 4.41. The maximum Gasteiger partial charge on any atom is 0.220 e. The van der Waals surface area contributed by atoms with Crippen molar-refractivity contribution in [2.45, 2.75) is 45.6 Å². The lowest BCUT2D eigenvalue weighted by atomic mass is 10.2. The van der Waals surface area contributed by atoms with E-state index in [0.717, 1.165) is 18.4 Å². The number of hydrogen-bond acceptors (Lipinski definition) is 3. The lowest BCUT2D eigenvalue weighted by molar-refractivity contribution is -0.121. The largest absolute Gasteiger partial charge is 0.441 e. The smallest absolute Gasteiger partial charge is 0.220 e. The van der Waals surface area contributed by atoms with Crippen molar-refractivity contribution in [1.82, 2.24) is 10.3 Å². The Hall–Kier alpha value is -2.17. The quantitative estimate of drug-likeness (QED) is 0.848. The van der Waals surface area contributed by atoms with E-state index in [-0.39, 0.29) is 17.8 Å². The van der Waals surface area contributed by atoms with Gasteiger partial charge in [-0.2, -0.15) is 0 Å². The van der Waals surface area contributed by atoms with Crippen LogP contribution in [0.1, 0.15) is 39.0 Å². The van der Waals surface area contributed by atoms with Gasteiger partial charge in [-0.25, -0.2) is 9.37 Å². The first-order chi connectivity index (χ1) is 10.6. The summed E-state index contributed by atoms with van der Waals surface area (Å²) in [5.74, 6) is 0.802. The molecule has 0 aliphatic rings. The summed E-state index contributed by atoms with van der Waals surface area (Å²) in [6.45, 7) is 4.09. The molecule has 2 rings (SSSR count). The fourth-order valence-corrected chi connectivity index (χ4v) is 2.25. The molecule has 0 bridgehead atoms. The first-order valence-electron chi connectivity index (χ1n) is 7.58. The van der Waals surface area contributed by atoms with Crippen LogP contribution in [-0.4, -0.2) is 16.9 Å². The molecule has 0 aliphatic heterocycles. The van der Waals surface area contributed by atoms with Gasteiger partial charge in [0, 0.05) is 24.4 Å². The number of nitrogens with one attached hydrogen (secondary N) is 1. The molecule has 22 heavy (non-hydrogen) atoms. The van der Waals surface area contributed by atoms with Crippen LogP contribution in [0.5, 0.6) is 0 Å². The van der Waals surface area contributed by atoms with E-state index in [4.69, 9.17) is 4.42 Å². The number of oxazole rings is 1. The Balaban J connectivity index is 1.87. The van der Waals surface area contributed by atoms with Gasteiger partial charge in [0.05, 0.1) is 6.20 Å². The normalized spacial score (nSPS) is 12.1. The van der Waals surface area contributed by atoms with Gasteiger partial charge in [-0.1, -0.05) is 13.3 Å². The maximum absolute atomic E-state index is 12.9. The summed E-state index contributed by atoms with van der Waals surface area (Å²) in [6, 6.07) is 6.22. The van der Waals surface area contributed by atoms with Crippen molar-refractivity contribution < 1.29 is 13.6 Å². The Morgan fingerprint density at radius 1 is 1.36 bits per heavy atom. The standard InChI is InChI=1S/C17H21FN2O2/c1-3-4-12(2)20-16(21)9-10-17-19-11-15(22-17)13-5-7-14(18)8-6-13/h5-8,11-12H,3-4,9-10H2,1-2H3,(H,20,21). The molecule has 1 aromatic heterocycles. The topological polar surface area (TPSA) is 55.1 Å². The number of carbonyl (C=O) groups is 1. The Labute approximate surface area is 129 Å². The molecule has 0 saturated heterocycles. The Bertz CT molecular complexity index is 607. The molecule has 118 valence electrons. The Morgan fingerprint density at radius 2 is 2.09 bits per heavy atom. The minimum atomic E-state index is -0.290. The van der Waals surface area contributed by atoms with Gasteiger partial charge in [0.2, 0.25) is 5.91 Å². The molecular weight excluding hydrogens is 283 g/mol. The number of hydrogen-bond donors (Lipinski definition) is 1. The van der Waals surface area contributed by atoms with Crippen molar-refractivity contribution in [3.05, 3.63) is 42.2 Å². The number of halogens is 1. The lowest BCUT2D eigenvalue weighted by Gasteiger charge is -2.11. The van der Waals surface area contributed by atoms with Crippen molar-refractivity contribution in [2.75, 3.05) is 0 Å². The van der Waals surface area contributed by atoms with Crippen LogP contribution < -0.4 is 5.32 Å². The van der Waals surface area contributed by atoms with E-state index in [0.29, 0.717) is 24.5 Å². The summed E-state index contributed by atoms with van der Waals surface area (Å²) < 4.78 is 18.5. The third-order valence-electron chi connectivity index (χ3n) is 3.38. The molecule has 2 aromatic rings. The third-order valence-corrected chi connectivity index (χ3v) is 3.38. The van der Waals surface area contributed by atoms with E-state index in [1.54, 1.807) is 18.3 Å². The molecule has 0 aliphatic carbocycles. The van der Waals surface area contributed by atoms with Crippen molar-refractivity contribution in [3.8, 4) is 11.3 Å². The number of amides is 1. The van der Waals surface area contributed by atoms with Gasteiger partial charge in [-0.15, -0.1) is 0 Å². The zero-order valence-electron chi connectivity index (χ0n) is 12.9. The third kappa shape index (κ3) is 4.69. The highest BCUT2D eigenvalue weighted by Crippen LogP contribution is 2.21. The van der Waals surface area contributed by atoms with Crippen molar-refractivity contribution in [2.24, 2.45) is 0 Å². The van der Waals surface area contributed by atoms with E-state index in [1.165, 1.54) is 12.1 Å². The van der Waals surface area contributed by atoms with Crippen LogP contribution in [-0.2, 0) is 11.2 Å². The molecule has 1 aromatic carbocycles. The summed E-state index contributed by atoms with van der Waals surface area (Å²) in [7, 11) is 0. The summed E-state index contributed by atoms with van der Waals surface area (Å²) in [5, 5.41) is 2.95. The molecule has 1 heterocycles. The molecular formula is C17H21FN2O2. The van der Waals surface area contributed by atoms with Crippen LogP contribution in [0.4, 0.5) is 4.39 Å². The number of benzene rings is 1. The van der Waals surface area contributed by atoms with Crippen molar-refractivity contribution in [1.29, 1.82) is 0 Å². The highest BCUT2D eigenvalue weighted by Gasteiger charge is 2.10. The van der Waals surface area contributed by atoms with Crippen LogP contribution in [0.3, 0.4) is 0 Å². The van der Waals surface area contributed by atoms with E-state index >= 15 is 0 Å². The molecule has 1 amide bonds. The van der Waals surface area contributed by atoms with Crippen molar-refractivity contribution >= 4 is 5.91 Å². The first-order valence-corrected chi connectivity index (χ1v) is 7.58. The number of aromatic nitrogens is 1. The van der Waals surface area contributed by atoms with Gasteiger partial charge in [-0.05, 0) is 37.6 Å². The van der Waals surface area contributed by atoms with Gasteiger partial charge >= 0.3 is 0 Å². The summed E-state index contributed by atoms with van der Waals surface area (Å²) in [5.41, 5.74) is 0.765. The number of nitrogens with zero attached hydrogens (tertiary/aromatic N) is 1. The number of aryl methyl sites for hydroxylation is 1. The molecule has 1 atom stereocenters. The second-order valence-electron chi connectivity index (χ2n) is 5.38. The fourth-order valence-electron chi connectivity index (χ4n) is 2.25. The molecule has 5 heteroatoms. The van der Waals surface area contributed by atoms with Gasteiger partial charge < -0.3 is 9.73 Å². The summed E-state index contributed by atoms with van der Waals surface area (Å²) in [4.78, 5) is 16.0. The molecule has 0 spiro atoms. The van der Waals surface area contributed by atoms with Crippen LogP contribution in [0.15, 0.2) is 34.9 Å². The molecule has 1 unspecified atom stereocenters. The highest BCUT2D eigenvalue weighted by atomic mass is 19.1. The van der Waals surface area contributed by atoms with E-state index in [1.807, 2.05) is 6.92 Å². The highest BCUT2D eigenvalue weighted by molar-refractivity contribution is 5.76. The zero-order valence-corrected chi connectivity index (χ0v) is 12.9. The van der Waals surface area contributed by atoms with E-state index in [2.05, 4.69) is 17.2 Å². The molecule has 1 N–H and O–H groups in total. The second-order valence-corrected chi connectivity index (χ2v) is 5.38. The van der Waals surface area contributed by atoms with Gasteiger partial charge in [0.1, 0.15) is 5.82 Å². The van der Waals surface area contributed by atoms with Gasteiger partial charge in [-0.3, -0.25) is 4.79 Å². The monoisotopic (exact) mass is 304 g/mol. The zero-order chi connectivity index (χ0) is 15.9. The molecule has 0 saturated carbocycles. The Morgan fingerprint density at radius 3 is 2.77 bits per heavy atom. The first kappa shape index (κ1) is 16.2. The van der Waals surface area contributed by atoms with E-state index in [9.17, 15) is 9.18 Å². The van der Waals surface area contributed by atoms with Crippen LogP contribution in [0.25, 0.3) is 11.3 Å². The average Bonchev–Trinajstić information content (AvgIpc) is 2.95. The summed E-state index contributed by atoms with van der Waals surface area (Å²) >= 11 is 0. The number of rotatable bonds is 7.